The number of ether oxygens (including phenoxy) is 2. The van der Waals surface area contributed by atoms with Crippen molar-refractivity contribution in [2.75, 3.05) is 6.61 Å². The zero-order valence-corrected chi connectivity index (χ0v) is 12.6. The first-order chi connectivity index (χ1) is 10.1. The lowest BCUT2D eigenvalue weighted by Crippen LogP contribution is -2.07. The summed E-state index contributed by atoms with van der Waals surface area (Å²) in [4.78, 5) is 4.13. The first kappa shape index (κ1) is 15.3. The van der Waals surface area contributed by atoms with Crippen LogP contribution in [0.1, 0.15) is 38.0 Å². The van der Waals surface area contributed by atoms with Gasteiger partial charge in [-0.15, -0.1) is 0 Å². The van der Waals surface area contributed by atoms with E-state index in [0.29, 0.717) is 17.9 Å². The van der Waals surface area contributed by atoms with E-state index in [4.69, 9.17) is 9.47 Å². The molecule has 1 aromatic carbocycles. The highest BCUT2D eigenvalue weighted by Gasteiger charge is 2.13. The Bertz CT molecular complexity index is 584. The Kier molecular flexibility index (Phi) is 5.17. The van der Waals surface area contributed by atoms with Crippen molar-refractivity contribution in [3.63, 3.8) is 0 Å². The fraction of sp³-hybridized carbons (Fsp3) is 0.353. The molecule has 1 unspecified atom stereocenters. The normalized spacial score (nSPS) is 12.2. The molecule has 1 atom stereocenters. The van der Waals surface area contributed by atoms with Gasteiger partial charge in [-0.2, -0.15) is 0 Å². The van der Waals surface area contributed by atoms with Gasteiger partial charge in [0.2, 0.25) is 0 Å². The Morgan fingerprint density at radius 1 is 1.10 bits per heavy atom. The molecule has 1 heterocycles. The number of aromatic nitrogens is 1. The van der Waals surface area contributed by atoms with E-state index in [1.54, 1.807) is 12.4 Å². The summed E-state index contributed by atoms with van der Waals surface area (Å²) in [5.41, 5.74) is 1.46. The van der Waals surface area contributed by atoms with Gasteiger partial charge in [0.05, 0.1) is 18.9 Å². The zero-order chi connectivity index (χ0) is 15.2. The summed E-state index contributed by atoms with van der Waals surface area (Å²) < 4.78 is 11.1. The molecule has 4 nitrogen and oxygen atoms in total. The maximum atomic E-state index is 10.5. The highest BCUT2D eigenvalue weighted by molar-refractivity contribution is 5.36. The predicted octanol–water partition coefficient (Wildman–Crippen LogP) is 3.35. The summed E-state index contributed by atoms with van der Waals surface area (Å²) in [5, 5.41) is 10.5. The zero-order valence-electron chi connectivity index (χ0n) is 12.6. The van der Waals surface area contributed by atoms with Gasteiger partial charge in [-0.1, -0.05) is 12.1 Å². The molecule has 0 saturated carbocycles. The standard InChI is InChI=1S/C17H21NO3/c1-4-20-15-7-5-6-13(8-15)17(19)14-9-16(11-18-10-14)21-12(2)3/h5-12,17,19H,4H2,1-3H3. The maximum Gasteiger partial charge on any atom is 0.138 e. The highest BCUT2D eigenvalue weighted by Crippen LogP contribution is 2.26. The summed E-state index contributed by atoms with van der Waals surface area (Å²) in [6, 6.07) is 9.25. The van der Waals surface area contributed by atoms with E-state index in [-0.39, 0.29) is 6.10 Å². The van der Waals surface area contributed by atoms with Crippen molar-refractivity contribution in [3.8, 4) is 11.5 Å². The lowest BCUT2D eigenvalue weighted by atomic mass is 10.0. The summed E-state index contributed by atoms with van der Waals surface area (Å²) in [7, 11) is 0. The second-order valence-electron chi connectivity index (χ2n) is 5.03. The second-order valence-corrected chi connectivity index (χ2v) is 5.03. The van der Waals surface area contributed by atoms with E-state index >= 15 is 0 Å². The first-order valence-electron chi connectivity index (χ1n) is 7.12. The van der Waals surface area contributed by atoms with Gasteiger partial charge in [0.25, 0.3) is 0 Å². The average Bonchev–Trinajstić information content (AvgIpc) is 2.47. The van der Waals surface area contributed by atoms with Gasteiger partial charge in [-0.3, -0.25) is 4.98 Å². The van der Waals surface area contributed by atoms with Gasteiger partial charge in [0, 0.05) is 11.8 Å². The molecule has 0 aliphatic carbocycles. The maximum absolute atomic E-state index is 10.5. The van der Waals surface area contributed by atoms with Crippen molar-refractivity contribution in [1.82, 2.24) is 4.98 Å². The van der Waals surface area contributed by atoms with Crippen molar-refractivity contribution < 1.29 is 14.6 Å². The molecule has 0 fully saturated rings. The lowest BCUT2D eigenvalue weighted by Gasteiger charge is -2.15. The molecule has 112 valence electrons. The number of aliphatic hydroxyl groups is 1. The van der Waals surface area contributed by atoms with Crippen LogP contribution in [0.4, 0.5) is 0 Å². The summed E-state index contributed by atoms with van der Waals surface area (Å²) in [6.07, 6.45) is 2.60. The molecule has 0 bridgehead atoms. The van der Waals surface area contributed by atoms with E-state index in [9.17, 15) is 5.11 Å². The summed E-state index contributed by atoms with van der Waals surface area (Å²) >= 11 is 0. The van der Waals surface area contributed by atoms with Gasteiger partial charge in [-0.25, -0.2) is 0 Å². The molecular formula is C17H21NO3. The molecule has 1 N–H and O–H groups in total. The highest BCUT2D eigenvalue weighted by atomic mass is 16.5. The van der Waals surface area contributed by atoms with Crippen LogP contribution in [0.15, 0.2) is 42.7 Å². The molecule has 4 heteroatoms. The number of rotatable bonds is 6. The third-order valence-electron chi connectivity index (χ3n) is 2.91. The molecule has 0 saturated heterocycles. The topological polar surface area (TPSA) is 51.6 Å². The molecule has 2 aromatic rings. The second kappa shape index (κ2) is 7.09. The monoisotopic (exact) mass is 287 g/mol. The number of nitrogens with zero attached hydrogens (tertiary/aromatic N) is 1. The smallest absolute Gasteiger partial charge is 0.138 e. The minimum Gasteiger partial charge on any atom is -0.494 e. The molecule has 2 rings (SSSR count). The Balaban J connectivity index is 2.22. The summed E-state index contributed by atoms with van der Waals surface area (Å²) in [6.45, 7) is 6.43. The Hall–Kier alpha value is -2.07. The number of pyridine rings is 1. The molecule has 0 aliphatic rings. The molecule has 1 aromatic heterocycles. The molecule has 0 amide bonds. The molecule has 21 heavy (non-hydrogen) atoms. The van der Waals surface area contributed by atoms with Crippen molar-refractivity contribution in [3.05, 3.63) is 53.9 Å². The number of hydrogen-bond donors (Lipinski definition) is 1. The molecular weight excluding hydrogens is 266 g/mol. The SMILES string of the molecule is CCOc1cccc(C(O)c2cncc(OC(C)C)c2)c1. The van der Waals surface area contributed by atoms with Gasteiger partial charge in [0.15, 0.2) is 0 Å². The van der Waals surface area contributed by atoms with Crippen LogP contribution >= 0.6 is 0 Å². The largest absolute Gasteiger partial charge is 0.494 e. The quantitative estimate of drug-likeness (QED) is 0.885. The van der Waals surface area contributed by atoms with Crippen LogP contribution in [0, 0.1) is 0 Å². The van der Waals surface area contributed by atoms with Crippen LogP contribution in [0.3, 0.4) is 0 Å². The third kappa shape index (κ3) is 4.20. The van der Waals surface area contributed by atoms with E-state index in [0.717, 1.165) is 11.3 Å². The molecule has 0 spiro atoms. The van der Waals surface area contributed by atoms with E-state index in [1.165, 1.54) is 0 Å². The van der Waals surface area contributed by atoms with Crippen LogP contribution in [0.2, 0.25) is 0 Å². The van der Waals surface area contributed by atoms with Gasteiger partial charge < -0.3 is 14.6 Å². The predicted molar refractivity (Wildman–Crippen MR) is 81.7 cm³/mol. The number of benzene rings is 1. The van der Waals surface area contributed by atoms with E-state index in [2.05, 4.69) is 4.98 Å². The lowest BCUT2D eigenvalue weighted by molar-refractivity contribution is 0.215. The van der Waals surface area contributed by atoms with E-state index < -0.39 is 6.10 Å². The fourth-order valence-corrected chi connectivity index (χ4v) is 2.06. The minimum absolute atomic E-state index is 0.0699. The van der Waals surface area contributed by atoms with Crippen molar-refractivity contribution in [2.24, 2.45) is 0 Å². The first-order valence-corrected chi connectivity index (χ1v) is 7.12. The Labute approximate surface area is 125 Å². The van der Waals surface area contributed by atoms with Crippen LogP contribution in [-0.4, -0.2) is 22.8 Å². The number of hydrogen-bond acceptors (Lipinski definition) is 4. The van der Waals surface area contributed by atoms with Gasteiger partial charge in [-0.05, 0) is 44.5 Å². The van der Waals surface area contributed by atoms with Crippen LogP contribution in [0.25, 0.3) is 0 Å². The van der Waals surface area contributed by atoms with Crippen LogP contribution in [-0.2, 0) is 0 Å². The average molecular weight is 287 g/mol. The molecule has 0 radical (unpaired) electrons. The summed E-state index contributed by atoms with van der Waals surface area (Å²) in [5.74, 6) is 1.40. The third-order valence-corrected chi connectivity index (χ3v) is 2.91. The van der Waals surface area contributed by atoms with Crippen molar-refractivity contribution in [2.45, 2.75) is 33.0 Å². The molecule has 0 aliphatic heterocycles. The Morgan fingerprint density at radius 2 is 1.86 bits per heavy atom. The van der Waals surface area contributed by atoms with Crippen LogP contribution in [0.5, 0.6) is 11.5 Å². The van der Waals surface area contributed by atoms with Crippen LogP contribution < -0.4 is 9.47 Å². The van der Waals surface area contributed by atoms with Crippen molar-refractivity contribution >= 4 is 0 Å². The Morgan fingerprint density at radius 3 is 2.57 bits per heavy atom. The van der Waals surface area contributed by atoms with Gasteiger partial charge in [0.1, 0.15) is 17.6 Å². The fourth-order valence-electron chi connectivity index (χ4n) is 2.06. The van der Waals surface area contributed by atoms with E-state index in [1.807, 2.05) is 51.1 Å². The minimum atomic E-state index is -0.756. The number of aliphatic hydroxyl groups excluding tert-OH is 1. The van der Waals surface area contributed by atoms with Crippen molar-refractivity contribution in [1.29, 1.82) is 0 Å². The van der Waals surface area contributed by atoms with Gasteiger partial charge >= 0.3 is 0 Å².